The zero-order valence-corrected chi connectivity index (χ0v) is 24.3. The number of carbonyl (C=O) groups is 1. The highest BCUT2D eigenvalue weighted by atomic mass is 16.3. The Balaban J connectivity index is 0.999. The number of nitrogens with zero attached hydrogens (tertiary/aromatic N) is 6. The average molecular weight is 549 g/mol. The molecule has 1 unspecified atom stereocenters. The number of likely N-dealkylation sites (tertiary alicyclic amines) is 3. The van der Waals surface area contributed by atoms with Gasteiger partial charge in [-0.3, -0.25) is 9.69 Å². The van der Waals surface area contributed by atoms with Gasteiger partial charge in [0.2, 0.25) is 12.3 Å². The third-order valence-electron chi connectivity index (χ3n) is 9.80. The van der Waals surface area contributed by atoms with Crippen LogP contribution in [0.5, 0.6) is 0 Å². The first-order valence-electron chi connectivity index (χ1n) is 15.7. The maximum Gasteiger partial charge on any atom is 0.225 e. The summed E-state index contributed by atoms with van der Waals surface area (Å²) < 4.78 is 0. The van der Waals surface area contributed by atoms with Crippen LogP contribution in [0.2, 0.25) is 0 Å². The molecule has 0 radical (unpaired) electrons. The van der Waals surface area contributed by atoms with E-state index in [4.69, 9.17) is 0 Å². The van der Waals surface area contributed by atoms with Gasteiger partial charge in [-0.05, 0) is 94.7 Å². The number of anilines is 2. The Morgan fingerprint density at radius 2 is 1.60 bits per heavy atom. The van der Waals surface area contributed by atoms with Crippen molar-refractivity contribution in [3.05, 3.63) is 48.2 Å². The van der Waals surface area contributed by atoms with Gasteiger partial charge in [0.05, 0.1) is 11.4 Å². The van der Waals surface area contributed by atoms with Gasteiger partial charge in [-0.2, -0.15) is 0 Å². The number of aliphatic hydroxyl groups is 1. The molecule has 3 saturated heterocycles. The van der Waals surface area contributed by atoms with Crippen molar-refractivity contribution in [2.75, 3.05) is 82.3 Å². The lowest BCUT2D eigenvalue weighted by Gasteiger charge is -2.42. The first kappa shape index (κ1) is 27.6. The fourth-order valence-electron chi connectivity index (χ4n) is 7.33. The molecule has 8 heteroatoms. The third-order valence-corrected chi connectivity index (χ3v) is 9.80. The summed E-state index contributed by atoms with van der Waals surface area (Å²) in [6, 6.07) is 8.72. The number of piperidine rings is 3. The number of benzene rings is 1. The standard InChI is InChI=1S/C32H48N6O2/c1-33-17-9-26(10-18-33)25-35-19-11-27(12-20-35)31(39)36-21-13-28(14-22-36)38-30-8-4-3-7-29(30)37(32(38)40)24-23-34-15-5-2-6-16-34/h3-4,7-10,17,27-28,32,40H,2,5-6,11-16,18-25H2,1H3. The first-order valence-corrected chi connectivity index (χ1v) is 15.7. The van der Waals surface area contributed by atoms with Gasteiger partial charge in [0.25, 0.3) is 0 Å². The van der Waals surface area contributed by atoms with Crippen molar-refractivity contribution in [1.29, 1.82) is 0 Å². The van der Waals surface area contributed by atoms with E-state index in [1.807, 2.05) is 0 Å². The number of rotatable bonds is 7. The number of aliphatic hydroxyl groups excluding tert-OH is 1. The molecule has 0 aliphatic carbocycles. The zero-order valence-electron chi connectivity index (χ0n) is 24.3. The lowest BCUT2D eigenvalue weighted by atomic mass is 9.93. The molecule has 6 rings (SSSR count). The molecule has 218 valence electrons. The second kappa shape index (κ2) is 12.5. The molecule has 5 heterocycles. The van der Waals surface area contributed by atoms with Crippen LogP contribution in [0, 0.1) is 5.92 Å². The Morgan fingerprint density at radius 3 is 2.30 bits per heavy atom. The molecule has 5 aliphatic rings. The fraction of sp³-hybridized carbons (Fsp3) is 0.656. The number of fused-ring (bicyclic) bond motifs is 1. The predicted octanol–water partition coefficient (Wildman–Crippen LogP) is 3.16. The van der Waals surface area contributed by atoms with Gasteiger partial charge in [0, 0.05) is 58.3 Å². The topological polar surface area (TPSA) is 56.7 Å². The number of para-hydroxylation sites is 2. The lowest BCUT2D eigenvalue weighted by molar-refractivity contribution is -0.138. The van der Waals surface area contributed by atoms with Gasteiger partial charge in [0.15, 0.2) is 0 Å². The smallest absolute Gasteiger partial charge is 0.225 e. The van der Waals surface area contributed by atoms with Crippen molar-refractivity contribution >= 4 is 17.3 Å². The summed E-state index contributed by atoms with van der Waals surface area (Å²) >= 11 is 0. The molecule has 1 amide bonds. The van der Waals surface area contributed by atoms with E-state index >= 15 is 0 Å². The number of hydrogen-bond donors (Lipinski definition) is 1. The van der Waals surface area contributed by atoms with Crippen LogP contribution in [0.25, 0.3) is 0 Å². The summed E-state index contributed by atoms with van der Waals surface area (Å²) in [6.45, 7) is 9.73. The first-order chi connectivity index (χ1) is 19.6. The maximum absolute atomic E-state index is 13.5. The molecule has 0 spiro atoms. The predicted molar refractivity (Wildman–Crippen MR) is 161 cm³/mol. The van der Waals surface area contributed by atoms with E-state index in [1.165, 1.54) is 37.9 Å². The fourth-order valence-corrected chi connectivity index (χ4v) is 7.33. The van der Waals surface area contributed by atoms with Crippen molar-refractivity contribution in [2.24, 2.45) is 5.92 Å². The van der Waals surface area contributed by atoms with Crippen LogP contribution < -0.4 is 9.80 Å². The molecular formula is C32H48N6O2. The average Bonchev–Trinajstić information content (AvgIpc) is 3.28. The molecule has 0 bridgehead atoms. The molecule has 5 aliphatic heterocycles. The Hall–Kier alpha value is -2.55. The SMILES string of the molecule is CN1C=CC(CN2CCC(C(=O)N3CCC(N4c5ccccc5N(CCN5CCCCC5)C4O)CC3)CC2)=CC1. The van der Waals surface area contributed by atoms with Crippen LogP contribution >= 0.6 is 0 Å². The van der Waals surface area contributed by atoms with Crippen LogP contribution in [0.4, 0.5) is 11.4 Å². The Bertz CT molecular complexity index is 1070. The van der Waals surface area contributed by atoms with E-state index in [2.05, 4.69) is 79.1 Å². The van der Waals surface area contributed by atoms with E-state index in [-0.39, 0.29) is 12.0 Å². The summed E-state index contributed by atoms with van der Waals surface area (Å²) in [5.74, 6) is 0.500. The minimum absolute atomic E-state index is 0.151. The van der Waals surface area contributed by atoms with E-state index in [0.717, 1.165) is 89.4 Å². The van der Waals surface area contributed by atoms with E-state index in [0.29, 0.717) is 5.91 Å². The largest absolute Gasteiger partial charge is 0.377 e. The normalized spacial score (nSPS) is 25.4. The summed E-state index contributed by atoms with van der Waals surface area (Å²) in [4.78, 5) is 27.2. The molecule has 1 aromatic rings. The monoisotopic (exact) mass is 548 g/mol. The summed E-state index contributed by atoms with van der Waals surface area (Å²) in [7, 11) is 2.10. The van der Waals surface area contributed by atoms with Gasteiger partial charge in [-0.25, -0.2) is 0 Å². The third kappa shape index (κ3) is 6.04. The van der Waals surface area contributed by atoms with Crippen LogP contribution in [0.3, 0.4) is 0 Å². The van der Waals surface area contributed by atoms with Crippen molar-refractivity contribution in [2.45, 2.75) is 57.3 Å². The van der Waals surface area contributed by atoms with Gasteiger partial charge in [-0.15, -0.1) is 0 Å². The van der Waals surface area contributed by atoms with Crippen LogP contribution in [0.1, 0.15) is 44.9 Å². The summed E-state index contributed by atoms with van der Waals surface area (Å²) in [6.07, 6.45) is 13.7. The Morgan fingerprint density at radius 1 is 0.875 bits per heavy atom. The van der Waals surface area contributed by atoms with Crippen molar-refractivity contribution in [3.8, 4) is 0 Å². The van der Waals surface area contributed by atoms with Gasteiger partial charge < -0.3 is 29.6 Å². The molecule has 1 aromatic carbocycles. The molecule has 1 N–H and O–H groups in total. The van der Waals surface area contributed by atoms with E-state index < -0.39 is 6.35 Å². The molecule has 3 fully saturated rings. The number of hydrogen-bond acceptors (Lipinski definition) is 7. The second-order valence-electron chi connectivity index (χ2n) is 12.5. The minimum atomic E-state index is -0.631. The minimum Gasteiger partial charge on any atom is -0.377 e. The summed E-state index contributed by atoms with van der Waals surface area (Å²) in [5, 5.41) is 11.5. The Kier molecular flexibility index (Phi) is 8.65. The van der Waals surface area contributed by atoms with Crippen LogP contribution in [0.15, 0.2) is 48.2 Å². The second-order valence-corrected chi connectivity index (χ2v) is 12.5. The molecule has 40 heavy (non-hydrogen) atoms. The molecule has 1 atom stereocenters. The highest BCUT2D eigenvalue weighted by Crippen LogP contribution is 2.41. The van der Waals surface area contributed by atoms with Gasteiger partial charge in [0.1, 0.15) is 0 Å². The molecular weight excluding hydrogens is 500 g/mol. The lowest BCUT2D eigenvalue weighted by Crippen LogP contribution is -2.54. The summed E-state index contributed by atoms with van der Waals surface area (Å²) in [5.41, 5.74) is 3.67. The van der Waals surface area contributed by atoms with Crippen LogP contribution in [-0.2, 0) is 4.79 Å². The number of likely N-dealkylation sites (N-methyl/N-ethyl adjacent to an activating group) is 1. The van der Waals surface area contributed by atoms with E-state index in [9.17, 15) is 9.90 Å². The number of amides is 1. The quantitative estimate of drug-likeness (QED) is 0.562. The Labute approximate surface area is 240 Å². The molecule has 8 nitrogen and oxygen atoms in total. The van der Waals surface area contributed by atoms with Crippen molar-refractivity contribution < 1.29 is 9.90 Å². The molecule has 0 saturated carbocycles. The highest BCUT2D eigenvalue weighted by molar-refractivity contribution is 5.80. The van der Waals surface area contributed by atoms with Gasteiger partial charge >= 0.3 is 0 Å². The highest BCUT2D eigenvalue weighted by Gasteiger charge is 2.40. The molecule has 0 aromatic heterocycles. The van der Waals surface area contributed by atoms with Crippen molar-refractivity contribution in [1.82, 2.24) is 19.6 Å². The van der Waals surface area contributed by atoms with Crippen LogP contribution in [-0.4, -0.2) is 116 Å². The van der Waals surface area contributed by atoms with E-state index in [1.54, 1.807) is 0 Å². The van der Waals surface area contributed by atoms with Gasteiger partial charge in [-0.1, -0.05) is 24.6 Å². The maximum atomic E-state index is 13.5. The van der Waals surface area contributed by atoms with Crippen molar-refractivity contribution in [3.63, 3.8) is 0 Å². The zero-order chi connectivity index (χ0) is 27.5. The number of carbonyl (C=O) groups excluding carboxylic acids is 1.